The van der Waals surface area contributed by atoms with Gasteiger partial charge in [-0.15, -0.1) is 0 Å². The number of hydrogen-bond donors (Lipinski definition) is 2. The fourth-order valence-corrected chi connectivity index (χ4v) is 3.55. The molecule has 6 heteroatoms. The number of benzene rings is 2. The maximum Gasteiger partial charge on any atom is 0.238 e. The molecule has 0 fully saturated rings. The molecule has 31 heavy (non-hydrogen) atoms. The molecule has 0 radical (unpaired) electrons. The Bertz CT molecular complexity index is 824. The standard InChI is InChI=1S/C25H35N3O3/c1-5-15-28(17-24(29)26-21-13-9-10-14-23(21)31-4)18-25(30)27-22(16-19(2)3)20-11-7-6-8-12-20/h6-14,19,22H,5,15-18H2,1-4H3,(H,26,29)(H,27,30). The lowest BCUT2D eigenvalue weighted by Crippen LogP contribution is -2.42. The molecule has 2 rings (SSSR count). The zero-order chi connectivity index (χ0) is 22.6. The van der Waals surface area contributed by atoms with Crippen molar-refractivity contribution >= 4 is 17.5 Å². The van der Waals surface area contributed by atoms with E-state index in [1.165, 1.54) is 0 Å². The van der Waals surface area contributed by atoms with Crippen molar-refractivity contribution in [3.05, 3.63) is 60.2 Å². The third-order valence-corrected chi connectivity index (χ3v) is 4.90. The van der Waals surface area contributed by atoms with E-state index in [4.69, 9.17) is 4.74 Å². The van der Waals surface area contributed by atoms with E-state index >= 15 is 0 Å². The van der Waals surface area contributed by atoms with E-state index < -0.39 is 0 Å². The molecule has 2 aromatic carbocycles. The van der Waals surface area contributed by atoms with Crippen LogP contribution in [0, 0.1) is 5.92 Å². The quantitative estimate of drug-likeness (QED) is 0.533. The first-order valence-electron chi connectivity index (χ1n) is 10.9. The molecule has 0 saturated carbocycles. The average molecular weight is 426 g/mol. The van der Waals surface area contributed by atoms with Crippen molar-refractivity contribution in [2.24, 2.45) is 5.92 Å². The smallest absolute Gasteiger partial charge is 0.238 e. The Hall–Kier alpha value is -2.86. The van der Waals surface area contributed by atoms with Gasteiger partial charge in [0.1, 0.15) is 5.75 Å². The van der Waals surface area contributed by atoms with Crippen LogP contribution in [-0.2, 0) is 9.59 Å². The Labute approximate surface area is 186 Å². The van der Waals surface area contributed by atoms with Crippen LogP contribution in [0.4, 0.5) is 5.69 Å². The van der Waals surface area contributed by atoms with Gasteiger partial charge in [-0.25, -0.2) is 0 Å². The van der Waals surface area contributed by atoms with Gasteiger partial charge >= 0.3 is 0 Å². The van der Waals surface area contributed by atoms with Crippen molar-refractivity contribution in [2.45, 2.75) is 39.7 Å². The molecule has 0 aliphatic rings. The second kappa shape index (κ2) is 12.7. The lowest BCUT2D eigenvalue weighted by atomic mass is 9.97. The highest BCUT2D eigenvalue weighted by molar-refractivity contribution is 5.94. The Kier molecular flexibility index (Phi) is 10.0. The van der Waals surface area contributed by atoms with Gasteiger partial charge in [0.2, 0.25) is 11.8 Å². The summed E-state index contributed by atoms with van der Waals surface area (Å²) >= 11 is 0. The number of ether oxygens (including phenoxy) is 1. The van der Waals surface area contributed by atoms with Gasteiger partial charge in [-0.3, -0.25) is 14.5 Å². The summed E-state index contributed by atoms with van der Waals surface area (Å²) in [6.07, 6.45) is 1.71. The highest BCUT2D eigenvalue weighted by Gasteiger charge is 2.19. The summed E-state index contributed by atoms with van der Waals surface area (Å²) in [5.41, 5.74) is 1.72. The summed E-state index contributed by atoms with van der Waals surface area (Å²) in [5.74, 6) is 0.805. The Balaban J connectivity index is 1.99. The SMILES string of the molecule is CCCN(CC(=O)Nc1ccccc1OC)CC(=O)NC(CC(C)C)c1ccccc1. The van der Waals surface area contributed by atoms with Crippen molar-refractivity contribution in [3.63, 3.8) is 0 Å². The fraction of sp³-hybridized carbons (Fsp3) is 0.440. The third-order valence-electron chi connectivity index (χ3n) is 4.90. The number of carbonyl (C=O) groups is 2. The summed E-state index contributed by atoms with van der Waals surface area (Å²) in [6, 6.07) is 17.3. The average Bonchev–Trinajstić information content (AvgIpc) is 2.74. The van der Waals surface area contributed by atoms with Crippen LogP contribution in [0.1, 0.15) is 45.2 Å². The fourth-order valence-electron chi connectivity index (χ4n) is 3.55. The highest BCUT2D eigenvalue weighted by atomic mass is 16.5. The summed E-state index contributed by atoms with van der Waals surface area (Å²) < 4.78 is 5.29. The molecule has 2 aromatic rings. The van der Waals surface area contributed by atoms with Crippen LogP contribution in [0.15, 0.2) is 54.6 Å². The van der Waals surface area contributed by atoms with Crippen LogP contribution in [0.5, 0.6) is 5.75 Å². The topological polar surface area (TPSA) is 70.7 Å². The van der Waals surface area contributed by atoms with Gasteiger partial charge in [-0.2, -0.15) is 0 Å². The van der Waals surface area contributed by atoms with Crippen molar-refractivity contribution in [3.8, 4) is 5.75 Å². The van der Waals surface area contributed by atoms with Crippen LogP contribution in [0.2, 0.25) is 0 Å². The first kappa shape index (κ1) is 24.4. The maximum atomic E-state index is 12.8. The molecule has 0 saturated heterocycles. The predicted octanol–water partition coefficient (Wildman–Crippen LogP) is 4.25. The normalized spacial score (nSPS) is 11.9. The number of anilines is 1. The minimum atomic E-state index is -0.174. The zero-order valence-corrected chi connectivity index (χ0v) is 19.1. The number of hydrogen-bond acceptors (Lipinski definition) is 4. The van der Waals surface area contributed by atoms with E-state index in [1.807, 2.05) is 54.3 Å². The van der Waals surface area contributed by atoms with Crippen LogP contribution in [0.25, 0.3) is 0 Å². The molecule has 0 aromatic heterocycles. The summed E-state index contributed by atoms with van der Waals surface area (Å²) in [5, 5.41) is 6.04. The van der Waals surface area contributed by atoms with E-state index in [2.05, 4.69) is 24.5 Å². The molecule has 1 unspecified atom stereocenters. The number of methoxy groups -OCH3 is 1. The highest BCUT2D eigenvalue weighted by Crippen LogP contribution is 2.23. The van der Waals surface area contributed by atoms with Crippen molar-refractivity contribution in [1.82, 2.24) is 10.2 Å². The molecule has 0 spiro atoms. The van der Waals surface area contributed by atoms with Crippen molar-refractivity contribution in [2.75, 3.05) is 32.1 Å². The van der Waals surface area contributed by atoms with Gasteiger partial charge in [-0.05, 0) is 43.0 Å². The van der Waals surface area contributed by atoms with Gasteiger partial charge in [0.25, 0.3) is 0 Å². The van der Waals surface area contributed by atoms with Crippen LogP contribution < -0.4 is 15.4 Å². The summed E-state index contributed by atoms with van der Waals surface area (Å²) in [6.45, 7) is 7.30. The van der Waals surface area contributed by atoms with Crippen molar-refractivity contribution in [1.29, 1.82) is 0 Å². The number of amides is 2. The Morgan fingerprint density at radius 2 is 1.61 bits per heavy atom. The monoisotopic (exact) mass is 425 g/mol. The van der Waals surface area contributed by atoms with Gasteiger partial charge in [0.05, 0.1) is 31.9 Å². The number of nitrogens with one attached hydrogen (secondary N) is 2. The first-order valence-corrected chi connectivity index (χ1v) is 10.9. The lowest BCUT2D eigenvalue weighted by Gasteiger charge is -2.25. The molecule has 2 N–H and O–H groups in total. The van der Waals surface area contributed by atoms with Gasteiger partial charge < -0.3 is 15.4 Å². The molecule has 1 atom stereocenters. The maximum absolute atomic E-state index is 12.8. The molecular weight excluding hydrogens is 390 g/mol. The summed E-state index contributed by atoms with van der Waals surface area (Å²) in [7, 11) is 1.57. The Morgan fingerprint density at radius 1 is 0.968 bits per heavy atom. The van der Waals surface area contributed by atoms with E-state index in [9.17, 15) is 9.59 Å². The molecule has 168 valence electrons. The second-order valence-corrected chi connectivity index (χ2v) is 8.12. The molecule has 0 aliphatic heterocycles. The van der Waals surface area contributed by atoms with Crippen LogP contribution >= 0.6 is 0 Å². The minimum absolute atomic E-state index is 0.0421. The van der Waals surface area contributed by atoms with E-state index in [1.54, 1.807) is 19.2 Å². The van der Waals surface area contributed by atoms with Gasteiger partial charge in [-0.1, -0.05) is 63.2 Å². The summed E-state index contributed by atoms with van der Waals surface area (Å²) in [4.78, 5) is 27.3. The number of nitrogens with zero attached hydrogens (tertiary/aromatic N) is 1. The van der Waals surface area contributed by atoms with E-state index in [0.29, 0.717) is 23.9 Å². The molecule has 0 bridgehead atoms. The molecule has 0 heterocycles. The van der Waals surface area contributed by atoms with Crippen LogP contribution in [0.3, 0.4) is 0 Å². The predicted molar refractivity (Wildman–Crippen MR) is 125 cm³/mol. The van der Waals surface area contributed by atoms with Crippen LogP contribution in [-0.4, -0.2) is 43.5 Å². The molecular formula is C25H35N3O3. The third kappa shape index (κ3) is 8.42. The van der Waals surface area contributed by atoms with E-state index in [-0.39, 0.29) is 30.9 Å². The molecule has 6 nitrogen and oxygen atoms in total. The minimum Gasteiger partial charge on any atom is -0.495 e. The number of carbonyl (C=O) groups excluding carboxylic acids is 2. The second-order valence-electron chi connectivity index (χ2n) is 8.12. The number of para-hydroxylation sites is 2. The first-order chi connectivity index (χ1) is 14.9. The van der Waals surface area contributed by atoms with E-state index in [0.717, 1.165) is 18.4 Å². The van der Waals surface area contributed by atoms with Crippen molar-refractivity contribution < 1.29 is 14.3 Å². The largest absolute Gasteiger partial charge is 0.495 e. The molecule has 0 aliphatic carbocycles. The number of rotatable bonds is 12. The zero-order valence-electron chi connectivity index (χ0n) is 19.1. The lowest BCUT2D eigenvalue weighted by molar-refractivity contribution is -0.124. The Morgan fingerprint density at radius 3 is 2.26 bits per heavy atom. The molecule has 2 amide bonds. The van der Waals surface area contributed by atoms with Gasteiger partial charge in [0.15, 0.2) is 0 Å². The van der Waals surface area contributed by atoms with Gasteiger partial charge in [0, 0.05) is 0 Å².